The highest BCUT2D eigenvalue weighted by Crippen LogP contribution is 2.33. The predicted molar refractivity (Wildman–Crippen MR) is 156 cm³/mol. The second kappa shape index (κ2) is 13.5. The van der Waals surface area contributed by atoms with Gasteiger partial charge in [0.25, 0.3) is 0 Å². The zero-order valence-electron chi connectivity index (χ0n) is 23.4. The monoisotopic (exact) mass is 737 g/mol. The number of benzene rings is 1. The van der Waals surface area contributed by atoms with Crippen LogP contribution in [0.2, 0.25) is 0 Å². The first-order chi connectivity index (χ1) is 20.2. The number of hydrogen-bond acceptors (Lipinski definition) is 8. The lowest BCUT2D eigenvalue weighted by atomic mass is 10.2. The molecule has 0 aliphatic heterocycles. The Kier molecular flexibility index (Phi) is 10.5. The molecule has 0 saturated carbocycles. The molecule has 0 radical (unpaired) electrons. The Labute approximate surface area is 268 Å². The highest BCUT2D eigenvalue weighted by Gasteiger charge is 2.45. The van der Waals surface area contributed by atoms with Gasteiger partial charge in [0, 0.05) is 34.2 Å². The van der Waals surface area contributed by atoms with E-state index in [1.807, 2.05) is 6.07 Å². The molecule has 44 heavy (non-hydrogen) atoms. The SMILES string of the molecule is C#Cc1cc(Nc2ncnc3cnc(NC(=O)/C=C/C[N+](C)(C)Cc4c([N+](=O)[O-])nc(C(F)(F)F)n4C)cc23)ccc1Br.[Br-]. The molecule has 0 aliphatic carbocycles. The third-order valence-electron chi connectivity index (χ3n) is 6.22. The number of fused-ring (bicyclic) bond motifs is 1. The minimum atomic E-state index is -4.85. The van der Waals surface area contributed by atoms with Crippen molar-refractivity contribution in [1.82, 2.24) is 24.5 Å². The number of anilines is 3. The zero-order chi connectivity index (χ0) is 31.5. The molecule has 2 N–H and O–H groups in total. The number of imidazole rings is 1. The standard InChI is InChI=1S/C27H23BrF3N9O3.BrH/c1-5-16-11-17(8-9-19(16)28)35-24-18-12-22(32-13-20(18)33-15-34-24)36-23(41)7-6-10-40(3,4)14-21-25(39(42)43)37-26(38(21)2)27(29,30)31;/h1,6-9,11-13,15H,10,14H2,2-4H3,(H-,32,33,34,35,36,41);1H/b7-6+;. The number of likely N-dealkylation sites (N-methyl/N-ethyl adjacent to an activating group) is 1. The summed E-state index contributed by atoms with van der Waals surface area (Å²) in [6.45, 7) is 0.0159. The number of halogens is 5. The number of carbonyl (C=O) groups excluding carboxylic acids is 1. The van der Waals surface area contributed by atoms with Gasteiger partial charge in [0.15, 0.2) is 5.69 Å². The maximum absolute atomic E-state index is 13.3. The van der Waals surface area contributed by atoms with Gasteiger partial charge in [-0.1, -0.05) is 5.92 Å². The van der Waals surface area contributed by atoms with E-state index in [2.05, 4.69) is 52.4 Å². The Balaban J connectivity index is 0.00000529. The minimum Gasteiger partial charge on any atom is -1.00 e. The van der Waals surface area contributed by atoms with Crippen LogP contribution in [0.4, 0.5) is 36.3 Å². The Morgan fingerprint density at radius 3 is 2.64 bits per heavy atom. The maximum Gasteiger partial charge on any atom is 0.475 e. The smallest absolute Gasteiger partial charge is 0.475 e. The number of terminal acetylenes is 1. The fraction of sp³-hybridized carbons (Fsp3) is 0.222. The number of pyridine rings is 1. The summed E-state index contributed by atoms with van der Waals surface area (Å²) in [5.74, 6) is 0.531. The number of nitrogens with one attached hydrogen (secondary N) is 2. The lowest BCUT2D eigenvalue weighted by Gasteiger charge is -2.28. The van der Waals surface area contributed by atoms with Gasteiger partial charge < -0.3 is 42.2 Å². The zero-order valence-corrected chi connectivity index (χ0v) is 26.5. The number of quaternary nitrogens is 1. The normalized spacial score (nSPS) is 11.7. The van der Waals surface area contributed by atoms with Crippen LogP contribution in [0.25, 0.3) is 10.9 Å². The van der Waals surface area contributed by atoms with Crippen LogP contribution in [0.3, 0.4) is 0 Å². The quantitative estimate of drug-likeness (QED) is 0.0874. The topological polar surface area (TPSA) is 141 Å². The molecule has 3 aromatic heterocycles. The van der Waals surface area contributed by atoms with Gasteiger partial charge in [0.05, 0.1) is 32.4 Å². The van der Waals surface area contributed by atoms with Crippen LogP contribution in [0.5, 0.6) is 0 Å². The summed E-state index contributed by atoms with van der Waals surface area (Å²) in [7, 11) is 4.39. The first-order valence-corrected chi connectivity index (χ1v) is 13.2. The first kappa shape index (κ1) is 34.1. The molecule has 0 atom stereocenters. The molecule has 0 unspecified atom stereocenters. The molecule has 1 amide bonds. The summed E-state index contributed by atoms with van der Waals surface area (Å²) in [6.07, 6.45) is 6.30. The molecular weight excluding hydrogens is 715 g/mol. The van der Waals surface area contributed by atoms with Gasteiger partial charge in [-0.25, -0.2) is 15.0 Å². The van der Waals surface area contributed by atoms with E-state index in [1.54, 1.807) is 32.3 Å². The Morgan fingerprint density at radius 1 is 1.25 bits per heavy atom. The van der Waals surface area contributed by atoms with Crippen LogP contribution in [0, 0.1) is 22.5 Å². The van der Waals surface area contributed by atoms with Gasteiger partial charge in [-0.15, -0.1) is 6.42 Å². The third kappa shape index (κ3) is 7.95. The number of carbonyl (C=O) groups is 1. The van der Waals surface area contributed by atoms with E-state index in [1.165, 1.54) is 24.7 Å². The first-order valence-electron chi connectivity index (χ1n) is 12.4. The highest BCUT2D eigenvalue weighted by molar-refractivity contribution is 9.10. The van der Waals surface area contributed by atoms with Crippen molar-refractivity contribution in [2.45, 2.75) is 12.7 Å². The number of aromatic nitrogens is 5. The molecule has 1 aromatic carbocycles. The van der Waals surface area contributed by atoms with Gasteiger partial charge >= 0.3 is 17.8 Å². The molecule has 0 bridgehead atoms. The summed E-state index contributed by atoms with van der Waals surface area (Å²) in [6, 6.07) is 6.99. The van der Waals surface area contributed by atoms with E-state index in [0.29, 0.717) is 32.5 Å². The van der Waals surface area contributed by atoms with Crippen molar-refractivity contribution in [3.05, 3.63) is 80.6 Å². The Bertz CT molecular complexity index is 1800. The van der Waals surface area contributed by atoms with Gasteiger partial charge in [-0.3, -0.25) is 9.36 Å². The average molecular weight is 739 g/mol. The number of hydrogen-bond donors (Lipinski definition) is 2. The molecule has 230 valence electrons. The molecule has 17 heteroatoms. The second-order valence-electron chi connectivity index (χ2n) is 9.96. The summed E-state index contributed by atoms with van der Waals surface area (Å²) < 4.78 is 41.2. The number of rotatable bonds is 9. The molecule has 4 aromatic rings. The van der Waals surface area contributed by atoms with E-state index < -0.39 is 28.6 Å². The van der Waals surface area contributed by atoms with Crippen LogP contribution in [0.1, 0.15) is 17.1 Å². The van der Waals surface area contributed by atoms with E-state index >= 15 is 0 Å². The van der Waals surface area contributed by atoms with Crippen molar-refractivity contribution >= 4 is 55.9 Å². The van der Waals surface area contributed by atoms with Crippen molar-refractivity contribution in [2.75, 3.05) is 31.3 Å². The summed E-state index contributed by atoms with van der Waals surface area (Å²) in [5.41, 5.74) is 1.67. The molecule has 4 rings (SSSR count). The lowest BCUT2D eigenvalue weighted by molar-refractivity contribution is -0.898. The van der Waals surface area contributed by atoms with E-state index in [9.17, 15) is 28.1 Å². The van der Waals surface area contributed by atoms with Crippen LogP contribution in [-0.4, -0.2) is 60.5 Å². The van der Waals surface area contributed by atoms with Crippen molar-refractivity contribution in [2.24, 2.45) is 7.05 Å². The number of alkyl halides is 3. The Morgan fingerprint density at radius 2 is 1.98 bits per heavy atom. The molecule has 12 nitrogen and oxygen atoms in total. The highest BCUT2D eigenvalue weighted by atomic mass is 79.9. The van der Waals surface area contributed by atoms with Crippen LogP contribution < -0.4 is 27.6 Å². The number of amides is 1. The van der Waals surface area contributed by atoms with Gasteiger partial charge in [0.1, 0.15) is 24.5 Å². The lowest BCUT2D eigenvalue weighted by Crippen LogP contribution is -3.00. The number of nitrogens with zero attached hydrogens (tertiary/aromatic N) is 7. The Hall–Kier alpha value is -4.40. The van der Waals surface area contributed by atoms with Gasteiger partial charge in [-0.2, -0.15) is 13.2 Å². The molecule has 3 heterocycles. The van der Waals surface area contributed by atoms with Crippen molar-refractivity contribution in [1.29, 1.82) is 0 Å². The van der Waals surface area contributed by atoms with Crippen LogP contribution in [-0.2, 0) is 24.6 Å². The van der Waals surface area contributed by atoms with Gasteiger partial charge in [0.2, 0.25) is 5.91 Å². The summed E-state index contributed by atoms with van der Waals surface area (Å²) >= 11 is 3.39. The largest absolute Gasteiger partial charge is 1.00 e. The van der Waals surface area contributed by atoms with Gasteiger partial charge in [-0.05, 0) is 56.2 Å². The molecule has 0 aliphatic rings. The van der Waals surface area contributed by atoms with Crippen molar-refractivity contribution < 1.29 is 44.4 Å². The van der Waals surface area contributed by atoms with Crippen LogP contribution in [0.15, 0.2) is 53.4 Å². The fourth-order valence-corrected chi connectivity index (χ4v) is 4.52. The predicted octanol–water partition coefficient (Wildman–Crippen LogP) is 1.95. The third-order valence-corrected chi connectivity index (χ3v) is 6.91. The van der Waals surface area contributed by atoms with Crippen LogP contribution >= 0.6 is 15.9 Å². The average Bonchev–Trinajstić information content (AvgIpc) is 3.25. The summed E-state index contributed by atoms with van der Waals surface area (Å²) in [5, 5.41) is 17.8. The second-order valence-corrected chi connectivity index (χ2v) is 10.8. The minimum absolute atomic E-state index is 0. The molecule has 0 spiro atoms. The molecule has 0 fully saturated rings. The van der Waals surface area contributed by atoms with Crippen molar-refractivity contribution in [3.8, 4) is 12.3 Å². The maximum atomic E-state index is 13.3. The van der Waals surface area contributed by atoms with E-state index in [4.69, 9.17) is 6.42 Å². The number of nitro groups is 1. The van der Waals surface area contributed by atoms with E-state index in [0.717, 1.165) is 11.5 Å². The fourth-order valence-electron chi connectivity index (χ4n) is 4.15. The summed E-state index contributed by atoms with van der Waals surface area (Å²) in [4.78, 5) is 39.0. The molecule has 0 saturated heterocycles. The van der Waals surface area contributed by atoms with E-state index in [-0.39, 0.29) is 46.1 Å². The van der Waals surface area contributed by atoms with Crippen molar-refractivity contribution in [3.63, 3.8) is 0 Å². The molecular formula is C27H24Br2F3N9O3.